The lowest BCUT2D eigenvalue weighted by atomic mass is 9.81. The van der Waals surface area contributed by atoms with Gasteiger partial charge in [-0.25, -0.2) is 15.0 Å². The molecule has 264 valence electrons. The van der Waals surface area contributed by atoms with Crippen molar-refractivity contribution in [2.24, 2.45) is 0 Å². The highest BCUT2D eigenvalue weighted by molar-refractivity contribution is 6.13. The molecule has 0 amide bonds. The van der Waals surface area contributed by atoms with Gasteiger partial charge in [-0.15, -0.1) is 0 Å². The van der Waals surface area contributed by atoms with E-state index >= 15 is 0 Å². The lowest BCUT2D eigenvalue weighted by Crippen LogP contribution is -2.14. The molecule has 4 nitrogen and oxygen atoms in total. The monoisotopic (exact) mass is 717 g/mol. The largest absolute Gasteiger partial charge is 0.456 e. The Bertz CT molecular complexity index is 3160. The first kappa shape index (κ1) is 32.3. The van der Waals surface area contributed by atoms with Crippen molar-refractivity contribution in [3.8, 4) is 67.5 Å². The van der Waals surface area contributed by atoms with Crippen LogP contribution in [-0.2, 0) is 5.41 Å². The van der Waals surface area contributed by atoms with Gasteiger partial charge in [0.2, 0.25) is 0 Å². The fourth-order valence-electron chi connectivity index (χ4n) is 8.82. The molecule has 0 unspecified atom stereocenters. The van der Waals surface area contributed by atoms with Gasteiger partial charge in [-0.3, -0.25) is 0 Å². The van der Waals surface area contributed by atoms with E-state index in [-0.39, 0.29) is 5.41 Å². The van der Waals surface area contributed by atoms with Crippen LogP contribution in [0.5, 0.6) is 0 Å². The zero-order chi connectivity index (χ0) is 37.4. The second-order valence-corrected chi connectivity index (χ2v) is 15.2. The van der Waals surface area contributed by atoms with E-state index in [1.807, 2.05) is 30.3 Å². The summed E-state index contributed by atoms with van der Waals surface area (Å²) in [6.45, 7) is 4.66. The Hall–Kier alpha value is -7.17. The summed E-state index contributed by atoms with van der Waals surface area (Å²) < 4.78 is 6.52. The molecule has 10 aromatic rings. The Morgan fingerprint density at radius 2 is 1.02 bits per heavy atom. The van der Waals surface area contributed by atoms with Gasteiger partial charge in [0, 0.05) is 32.9 Å². The number of furan rings is 1. The maximum Gasteiger partial charge on any atom is 0.164 e. The standard InChI is InChI=1S/C52H35N3O/c1-52(2)43-24-12-11-21-40(43)47-39(23-13-25-44(47)52)42-30-36(29-34-19-9-10-20-37(34)42)51-54-49(33-17-7-4-8-18-33)53-50(55-51)35-27-28-41-46(31-35)56-45-26-14-22-38(48(41)45)32-15-5-3-6-16-32/h3-31H,1-2H3. The van der Waals surface area contributed by atoms with E-state index in [2.05, 4.69) is 159 Å². The Labute approximate surface area is 324 Å². The lowest BCUT2D eigenvalue weighted by molar-refractivity contribution is 0.660. The summed E-state index contributed by atoms with van der Waals surface area (Å²) in [5.41, 5.74) is 14.2. The first-order valence-electron chi connectivity index (χ1n) is 19.1. The molecule has 0 aliphatic heterocycles. The van der Waals surface area contributed by atoms with Crippen LogP contribution in [0, 0.1) is 0 Å². The fraction of sp³-hybridized carbons (Fsp3) is 0.0577. The van der Waals surface area contributed by atoms with Gasteiger partial charge in [-0.1, -0.05) is 159 Å². The lowest BCUT2D eigenvalue weighted by Gasteiger charge is -2.21. The molecule has 8 aromatic carbocycles. The first-order valence-corrected chi connectivity index (χ1v) is 19.1. The van der Waals surface area contributed by atoms with Crippen molar-refractivity contribution in [3.63, 3.8) is 0 Å². The summed E-state index contributed by atoms with van der Waals surface area (Å²) in [5, 5.41) is 4.47. The third-order valence-electron chi connectivity index (χ3n) is 11.5. The molecular weight excluding hydrogens is 683 g/mol. The number of nitrogens with zero attached hydrogens (tertiary/aromatic N) is 3. The minimum Gasteiger partial charge on any atom is -0.456 e. The second kappa shape index (κ2) is 12.4. The maximum absolute atomic E-state index is 6.52. The SMILES string of the molecule is CC1(C)c2ccccc2-c2c(-c3cc(-c4nc(-c5ccccc5)nc(-c5ccc6c(c5)oc5cccc(-c7ccccc7)c56)n4)cc4ccccc34)cccc21. The summed E-state index contributed by atoms with van der Waals surface area (Å²) in [6.07, 6.45) is 0. The van der Waals surface area contributed by atoms with Gasteiger partial charge >= 0.3 is 0 Å². The van der Waals surface area contributed by atoms with Crippen molar-refractivity contribution < 1.29 is 4.42 Å². The van der Waals surface area contributed by atoms with E-state index in [4.69, 9.17) is 19.4 Å². The van der Waals surface area contributed by atoms with E-state index in [0.29, 0.717) is 17.5 Å². The van der Waals surface area contributed by atoms with E-state index in [1.165, 1.54) is 33.2 Å². The number of aromatic nitrogens is 3. The predicted molar refractivity (Wildman–Crippen MR) is 229 cm³/mol. The van der Waals surface area contributed by atoms with Crippen molar-refractivity contribution in [2.45, 2.75) is 19.3 Å². The van der Waals surface area contributed by atoms with Gasteiger partial charge in [-0.2, -0.15) is 0 Å². The average molecular weight is 718 g/mol. The molecule has 0 atom stereocenters. The van der Waals surface area contributed by atoms with Crippen LogP contribution in [0.4, 0.5) is 0 Å². The van der Waals surface area contributed by atoms with Gasteiger partial charge in [-0.05, 0) is 85.6 Å². The molecule has 56 heavy (non-hydrogen) atoms. The van der Waals surface area contributed by atoms with Gasteiger partial charge in [0.1, 0.15) is 11.2 Å². The first-order chi connectivity index (χ1) is 27.5. The van der Waals surface area contributed by atoms with E-state index in [9.17, 15) is 0 Å². The smallest absolute Gasteiger partial charge is 0.164 e. The van der Waals surface area contributed by atoms with E-state index in [0.717, 1.165) is 60.7 Å². The van der Waals surface area contributed by atoms with E-state index in [1.54, 1.807) is 0 Å². The number of hydrogen-bond acceptors (Lipinski definition) is 4. The van der Waals surface area contributed by atoms with Gasteiger partial charge in [0.15, 0.2) is 17.5 Å². The normalized spacial score (nSPS) is 13.0. The maximum atomic E-state index is 6.52. The predicted octanol–water partition coefficient (Wildman–Crippen LogP) is 13.6. The van der Waals surface area contributed by atoms with Crippen LogP contribution in [-0.4, -0.2) is 15.0 Å². The fourth-order valence-corrected chi connectivity index (χ4v) is 8.82. The van der Waals surface area contributed by atoms with Crippen molar-refractivity contribution in [1.82, 2.24) is 15.0 Å². The van der Waals surface area contributed by atoms with Crippen LogP contribution in [0.1, 0.15) is 25.0 Å². The van der Waals surface area contributed by atoms with Crippen molar-refractivity contribution in [2.75, 3.05) is 0 Å². The second-order valence-electron chi connectivity index (χ2n) is 15.2. The molecule has 0 fully saturated rings. The average Bonchev–Trinajstić information content (AvgIpc) is 3.75. The minimum atomic E-state index is -0.104. The summed E-state index contributed by atoms with van der Waals surface area (Å²) >= 11 is 0. The molecule has 0 saturated carbocycles. The van der Waals surface area contributed by atoms with Crippen LogP contribution in [0.25, 0.3) is 100 Å². The molecule has 0 saturated heterocycles. The van der Waals surface area contributed by atoms with Crippen molar-refractivity contribution >= 4 is 32.7 Å². The van der Waals surface area contributed by atoms with Crippen molar-refractivity contribution in [3.05, 3.63) is 187 Å². The Kier molecular flexibility index (Phi) is 7.17. The molecule has 2 aromatic heterocycles. The molecule has 0 radical (unpaired) electrons. The number of hydrogen-bond donors (Lipinski definition) is 0. The van der Waals surface area contributed by atoms with Gasteiger partial charge in [0.25, 0.3) is 0 Å². The van der Waals surface area contributed by atoms with Crippen LogP contribution in [0.3, 0.4) is 0 Å². The van der Waals surface area contributed by atoms with E-state index < -0.39 is 0 Å². The van der Waals surface area contributed by atoms with Gasteiger partial charge < -0.3 is 4.42 Å². The minimum absolute atomic E-state index is 0.104. The zero-order valence-corrected chi connectivity index (χ0v) is 31.0. The topological polar surface area (TPSA) is 51.8 Å². The highest BCUT2D eigenvalue weighted by Gasteiger charge is 2.36. The molecule has 4 heteroatoms. The molecular formula is C52H35N3O. The Morgan fingerprint density at radius 3 is 1.84 bits per heavy atom. The van der Waals surface area contributed by atoms with Crippen molar-refractivity contribution in [1.29, 1.82) is 0 Å². The molecule has 1 aliphatic carbocycles. The Balaban J connectivity index is 1.12. The van der Waals surface area contributed by atoms with Crippen LogP contribution < -0.4 is 0 Å². The summed E-state index contributed by atoms with van der Waals surface area (Å²) in [4.78, 5) is 15.5. The molecule has 1 aliphatic rings. The summed E-state index contributed by atoms with van der Waals surface area (Å²) in [5.74, 6) is 1.82. The Morgan fingerprint density at radius 1 is 0.393 bits per heavy atom. The number of rotatable bonds is 5. The molecule has 2 heterocycles. The van der Waals surface area contributed by atoms with Crippen LogP contribution >= 0.6 is 0 Å². The quantitative estimate of drug-likeness (QED) is 0.178. The van der Waals surface area contributed by atoms with Crippen LogP contribution in [0.15, 0.2) is 180 Å². The van der Waals surface area contributed by atoms with Crippen LogP contribution in [0.2, 0.25) is 0 Å². The molecule has 0 spiro atoms. The number of fused-ring (bicyclic) bond motifs is 7. The highest BCUT2D eigenvalue weighted by Crippen LogP contribution is 2.53. The third kappa shape index (κ3) is 5.03. The zero-order valence-electron chi connectivity index (χ0n) is 31.0. The number of benzene rings is 8. The summed E-state index contributed by atoms with van der Waals surface area (Å²) in [6, 6.07) is 61.9. The molecule has 11 rings (SSSR count). The molecule has 0 bridgehead atoms. The van der Waals surface area contributed by atoms with Gasteiger partial charge in [0.05, 0.1) is 0 Å². The third-order valence-corrected chi connectivity index (χ3v) is 11.5. The highest BCUT2D eigenvalue weighted by atomic mass is 16.3. The molecule has 0 N–H and O–H groups in total. The summed E-state index contributed by atoms with van der Waals surface area (Å²) in [7, 11) is 0.